The summed E-state index contributed by atoms with van der Waals surface area (Å²) in [6.07, 6.45) is 7.71. The molecule has 0 radical (unpaired) electrons. The van der Waals surface area contributed by atoms with Crippen LogP contribution in [0.4, 0.5) is 11.8 Å². The Morgan fingerprint density at radius 1 is 1.04 bits per heavy atom. The average Bonchev–Trinajstić information content (AvgIpc) is 2.92. The van der Waals surface area contributed by atoms with Crippen molar-refractivity contribution in [2.24, 2.45) is 5.73 Å². The molecule has 0 aliphatic heterocycles. The van der Waals surface area contributed by atoms with E-state index in [1.165, 1.54) is 29.5 Å². The van der Waals surface area contributed by atoms with E-state index in [0.717, 1.165) is 50.2 Å². The van der Waals surface area contributed by atoms with E-state index in [1.54, 1.807) is 0 Å². The topological polar surface area (TPSA) is 89.8 Å². The van der Waals surface area contributed by atoms with Crippen molar-refractivity contribution >= 4 is 11.8 Å². The van der Waals surface area contributed by atoms with E-state index in [4.69, 9.17) is 11.5 Å². The summed E-state index contributed by atoms with van der Waals surface area (Å²) in [4.78, 5) is 9.06. The first kappa shape index (κ1) is 15.4. The first-order valence-corrected chi connectivity index (χ1v) is 8.92. The fourth-order valence-corrected chi connectivity index (χ4v) is 4.05. The van der Waals surface area contributed by atoms with Crippen LogP contribution in [0.25, 0.3) is 11.3 Å². The minimum Gasteiger partial charge on any atom is -0.368 e. The number of aryl methyl sites for hydroxylation is 1. The maximum atomic E-state index is 6.49. The minimum atomic E-state index is -0.116. The Bertz CT molecular complexity index is 749. The SMILES string of the molecule is Nc1nc(NCC2(N)CCCC2)c2c(n1)-c1ccccc1CCC2. The summed E-state index contributed by atoms with van der Waals surface area (Å²) >= 11 is 0. The molecule has 1 aromatic carbocycles. The van der Waals surface area contributed by atoms with Gasteiger partial charge in [-0.25, -0.2) is 4.98 Å². The lowest BCUT2D eigenvalue weighted by atomic mass is 9.99. The van der Waals surface area contributed by atoms with E-state index >= 15 is 0 Å². The molecule has 2 aliphatic carbocycles. The summed E-state index contributed by atoms with van der Waals surface area (Å²) in [7, 11) is 0. The van der Waals surface area contributed by atoms with Gasteiger partial charge in [0.15, 0.2) is 0 Å². The molecule has 0 atom stereocenters. The molecule has 4 rings (SSSR count). The van der Waals surface area contributed by atoms with Crippen molar-refractivity contribution < 1.29 is 0 Å². The number of hydrogen-bond donors (Lipinski definition) is 3. The van der Waals surface area contributed by atoms with Gasteiger partial charge in [-0.05, 0) is 37.7 Å². The van der Waals surface area contributed by atoms with Crippen LogP contribution < -0.4 is 16.8 Å². The van der Waals surface area contributed by atoms with Crippen LogP contribution in [0.2, 0.25) is 0 Å². The zero-order valence-corrected chi connectivity index (χ0v) is 14.0. The van der Waals surface area contributed by atoms with Crippen LogP contribution in [0.3, 0.4) is 0 Å². The summed E-state index contributed by atoms with van der Waals surface area (Å²) in [5, 5.41) is 3.50. The third-order valence-corrected chi connectivity index (χ3v) is 5.38. The molecule has 2 aliphatic rings. The quantitative estimate of drug-likeness (QED) is 0.808. The van der Waals surface area contributed by atoms with Gasteiger partial charge in [-0.15, -0.1) is 0 Å². The molecule has 1 heterocycles. The Kier molecular flexibility index (Phi) is 3.88. The highest BCUT2D eigenvalue weighted by Crippen LogP contribution is 2.35. The van der Waals surface area contributed by atoms with Crippen LogP contribution in [0, 0.1) is 0 Å². The fourth-order valence-electron chi connectivity index (χ4n) is 4.05. The molecule has 0 unspecified atom stereocenters. The molecular formula is C19H25N5. The molecule has 24 heavy (non-hydrogen) atoms. The zero-order chi connectivity index (χ0) is 16.6. The van der Waals surface area contributed by atoms with Crippen LogP contribution >= 0.6 is 0 Å². The van der Waals surface area contributed by atoms with Crippen LogP contribution in [0.1, 0.15) is 43.2 Å². The van der Waals surface area contributed by atoms with E-state index < -0.39 is 0 Å². The number of hydrogen-bond acceptors (Lipinski definition) is 5. The molecule has 1 aromatic heterocycles. The first-order valence-electron chi connectivity index (χ1n) is 8.92. The summed E-state index contributed by atoms with van der Waals surface area (Å²) in [5.74, 6) is 1.19. The monoisotopic (exact) mass is 323 g/mol. The second-order valence-corrected chi connectivity index (χ2v) is 7.19. The van der Waals surface area contributed by atoms with Crippen LogP contribution in [0.15, 0.2) is 24.3 Å². The number of aromatic nitrogens is 2. The van der Waals surface area contributed by atoms with E-state index in [9.17, 15) is 0 Å². The second kappa shape index (κ2) is 6.06. The number of anilines is 2. The zero-order valence-electron chi connectivity index (χ0n) is 14.0. The van der Waals surface area contributed by atoms with Crippen molar-refractivity contribution in [3.63, 3.8) is 0 Å². The molecule has 2 aromatic rings. The summed E-state index contributed by atoms with van der Waals surface area (Å²) in [6.45, 7) is 0.748. The van der Waals surface area contributed by atoms with Gasteiger partial charge in [0.1, 0.15) is 5.82 Å². The third kappa shape index (κ3) is 2.84. The van der Waals surface area contributed by atoms with Gasteiger partial charge in [-0.3, -0.25) is 0 Å². The van der Waals surface area contributed by atoms with Crippen LogP contribution in [-0.4, -0.2) is 22.1 Å². The fraction of sp³-hybridized carbons (Fsp3) is 0.474. The standard InChI is InChI=1S/C19H25N5/c20-18-23-16-14-8-2-1-6-13(14)7-5-9-15(16)17(24-18)22-12-19(21)10-3-4-11-19/h1-2,6,8H,3-5,7,9-12,21H2,(H3,20,22,23,24). The smallest absolute Gasteiger partial charge is 0.222 e. The number of benzene rings is 1. The molecule has 126 valence electrons. The first-order chi connectivity index (χ1) is 11.6. The second-order valence-electron chi connectivity index (χ2n) is 7.19. The van der Waals surface area contributed by atoms with Gasteiger partial charge < -0.3 is 16.8 Å². The summed E-state index contributed by atoms with van der Waals surface area (Å²) < 4.78 is 0. The van der Waals surface area contributed by atoms with Crippen molar-refractivity contribution in [1.82, 2.24) is 9.97 Å². The number of nitrogens with one attached hydrogen (secondary N) is 1. The van der Waals surface area contributed by atoms with Crippen molar-refractivity contribution in [3.05, 3.63) is 35.4 Å². The highest BCUT2D eigenvalue weighted by atomic mass is 15.1. The van der Waals surface area contributed by atoms with Crippen LogP contribution in [-0.2, 0) is 12.8 Å². The normalized spacial score (nSPS) is 18.5. The van der Waals surface area contributed by atoms with E-state index in [2.05, 4.69) is 39.6 Å². The van der Waals surface area contributed by atoms with Crippen LogP contribution in [0.5, 0.6) is 0 Å². The lowest BCUT2D eigenvalue weighted by Crippen LogP contribution is -2.43. The number of nitrogens with zero attached hydrogens (tertiary/aromatic N) is 2. The van der Waals surface area contributed by atoms with E-state index in [0.29, 0.717) is 5.95 Å². The summed E-state index contributed by atoms with van der Waals surface area (Å²) in [6, 6.07) is 8.47. The Morgan fingerprint density at radius 3 is 2.67 bits per heavy atom. The van der Waals surface area contributed by atoms with Crippen molar-refractivity contribution in [2.75, 3.05) is 17.6 Å². The maximum Gasteiger partial charge on any atom is 0.222 e. The van der Waals surface area contributed by atoms with Gasteiger partial charge >= 0.3 is 0 Å². The Hall–Kier alpha value is -2.14. The van der Waals surface area contributed by atoms with Gasteiger partial charge in [0.2, 0.25) is 5.95 Å². The van der Waals surface area contributed by atoms with Gasteiger partial charge in [0.25, 0.3) is 0 Å². The Morgan fingerprint density at radius 2 is 1.83 bits per heavy atom. The third-order valence-electron chi connectivity index (χ3n) is 5.38. The van der Waals surface area contributed by atoms with Crippen molar-refractivity contribution in [2.45, 2.75) is 50.5 Å². The number of fused-ring (bicyclic) bond motifs is 3. The highest BCUT2D eigenvalue weighted by molar-refractivity contribution is 5.73. The molecule has 0 spiro atoms. The average molecular weight is 323 g/mol. The molecule has 5 N–H and O–H groups in total. The Labute approximate surface area is 142 Å². The van der Waals surface area contributed by atoms with Gasteiger partial charge in [-0.2, -0.15) is 4.98 Å². The van der Waals surface area contributed by atoms with E-state index in [-0.39, 0.29) is 5.54 Å². The molecule has 1 fully saturated rings. The molecule has 0 bridgehead atoms. The van der Waals surface area contributed by atoms with E-state index in [1.807, 2.05) is 0 Å². The highest BCUT2D eigenvalue weighted by Gasteiger charge is 2.30. The number of nitrogens with two attached hydrogens (primary N) is 2. The molecule has 1 saturated carbocycles. The molecule has 0 amide bonds. The molecular weight excluding hydrogens is 298 g/mol. The van der Waals surface area contributed by atoms with Crippen molar-refractivity contribution in [1.29, 1.82) is 0 Å². The predicted molar refractivity (Wildman–Crippen MR) is 97.8 cm³/mol. The number of nitrogen functional groups attached to an aromatic ring is 1. The summed E-state index contributed by atoms with van der Waals surface area (Å²) in [5.41, 5.74) is 17.1. The molecule has 0 saturated heterocycles. The lowest BCUT2D eigenvalue weighted by Gasteiger charge is -2.25. The minimum absolute atomic E-state index is 0.116. The van der Waals surface area contributed by atoms with Gasteiger partial charge in [0, 0.05) is 23.2 Å². The number of rotatable bonds is 3. The Balaban J connectivity index is 1.71. The lowest BCUT2D eigenvalue weighted by molar-refractivity contribution is 0.463. The van der Waals surface area contributed by atoms with Gasteiger partial charge in [0.05, 0.1) is 5.69 Å². The molecule has 5 heteroatoms. The molecule has 5 nitrogen and oxygen atoms in total. The largest absolute Gasteiger partial charge is 0.368 e. The van der Waals surface area contributed by atoms with Gasteiger partial charge in [-0.1, -0.05) is 37.1 Å². The predicted octanol–water partition coefficient (Wildman–Crippen LogP) is 2.90. The maximum absolute atomic E-state index is 6.49. The van der Waals surface area contributed by atoms with Crippen molar-refractivity contribution in [3.8, 4) is 11.3 Å².